The number of hydrogen-bond donors (Lipinski definition) is 2. The van der Waals surface area contributed by atoms with Crippen LogP contribution in [0.4, 0.5) is 5.69 Å². The topological polar surface area (TPSA) is 98.3 Å². The molecule has 0 saturated heterocycles. The highest BCUT2D eigenvalue weighted by atomic mass is 16.5. The van der Waals surface area contributed by atoms with Gasteiger partial charge >= 0.3 is 0 Å². The highest BCUT2D eigenvalue weighted by molar-refractivity contribution is 5.95. The van der Waals surface area contributed by atoms with E-state index in [2.05, 4.69) is 15.8 Å². The number of rotatable bonds is 10. The SMILES string of the molecule is CCOc1cc(/C=N/NC(=O)c2ccccc2)ccc1OCC(=O)Nc1ccc(OC)cc1. The molecule has 8 nitrogen and oxygen atoms in total. The Morgan fingerprint density at radius 1 is 0.939 bits per heavy atom. The third kappa shape index (κ3) is 7.10. The summed E-state index contributed by atoms with van der Waals surface area (Å²) in [6.45, 7) is 2.08. The normalized spacial score (nSPS) is 10.5. The van der Waals surface area contributed by atoms with Crippen LogP contribution >= 0.6 is 0 Å². The number of carbonyl (C=O) groups is 2. The van der Waals surface area contributed by atoms with E-state index in [1.165, 1.54) is 6.21 Å². The maximum atomic E-state index is 12.2. The number of nitrogens with one attached hydrogen (secondary N) is 2. The molecule has 0 aromatic heterocycles. The minimum Gasteiger partial charge on any atom is -0.497 e. The van der Waals surface area contributed by atoms with E-state index in [0.29, 0.717) is 40.7 Å². The zero-order valence-electron chi connectivity index (χ0n) is 18.4. The molecule has 0 bridgehead atoms. The van der Waals surface area contributed by atoms with Crippen molar-refractivity contribution in [1.82, 2.24) is 5.43 Å². The molecule has 0 heterocycles. The highest BCUT2D eigenvalue weighted by Crippen LogP contribution is 2.28. The Kier molecular flexibility index (Phi) is 8.41. The van der Waals surface area contributed by atoms with Crippen LogP contribution in [-0.4, -0.2) is 38.4 Å². The van der Waals surface area contributed by atoms with Gasteiger partial charge in [0.25, 0.3) is 11.8 Å². The van der Waals surface area contributed by atoms with Crippen LogP contribution in [0.5, 0.6) is 17.2 Å². The summed E-state index contributed by atoms with van der Waals surface area (Å²) in [6.07, 6.45) is 1.50. The fourth-order valence-electron chi connectivity index (χ4n) is 2.83. The quantitative estimate of drug-likeness (QED) is 0.363. The molecule has 3 aromatic carbocycles. The summed E-state index contributed by atoms with van der Waals surface area (Å²) in [4.78, 5) is 24.3. The zero-order chi connectivity index (χ0) is 23.5. The van der Waals surface area contributed by atoms with Gasteiger partial charge in [0.1, 0.15) is 5.75 Å². The summed E-state index contributed by atoms with van der Waals surface area (Å²) in [5.74, 6) is 0.978. The molecule has 0 aliphatic carbocycles. The van der Waals surface area contributed by atoms with Crippen LogP contribution in [0.25, 0.3) is 0 Å². The van der Waals surface area contributed by atoms with Gasteiger partial charge in [-0.2, -0.15) is 5.10 Å². The van der Waals surface area contributed by atoms with E-state index in [4.69, 9.17) is 14.2 Å². The molecule has 2 N–H and O–H groups in total. The molecule has 3 rings (SSSR count). The summed E-state index contributed by atoms with van der Waals surface area (Å²) in [5.41, 5.74) is 4.33. The maximum Gasteiger partial charge on any atom is 0.271 e. The van der Waals surface area contributed by atoms with Gasteiger partial charge < -0.3 is 19.5 Å². The Hall–Kier alpha value is -4.33. The predicted molar refractivity (Wildman–Crippen MR) is 126 cm³/mol. The van der Waals surface area contributed by atoms with Gasteiger partial charge in [-0.05, 0) is 67.1 Å². The van der Waals surface area contributed by atoms with Crippen molar-refractivity contribution in [3.05, 3.63) is 83.9 Å². The summed E-state index contributed by atoms with van der Waals surface area (Å²) in [5, 5.41) is 6.74. The van der Waals surface area contributed by atoms with Gasteiger partial charge in [-0.15, -0.1) is 0 Å². The monoisotopic (exact) mass is 447 g/mol. The van der Waals surface area contributed by atoms with Gasteiger partial charge in [0, 0.05) is 11.3 Å². The van der Waals surface area contributed by atoms with Gasteiger partial charge in [-0.1, -0.05) is 18.2 Å². The lowest BCUT2D eigenvalue weighted by atomic mass is 10.2. The summed E-state index contributed by atoms with van der Waals surface area (Å²) in [6, 6.07) is 21.0. The number of carbonyl (C=O) groups excluding carboxylic acids is 2. The van der Waals surface area contributed by atoms with Crippen LogP contribution in [0.15, 0.2) is 77.9 Å². The molecule has 2 amide bonds. The van der Waals surface area contributed by atoms with Crippen molar-refractivity contribution in [1.29, 1.82) is 0 Å². The fraction of sp³-hybridized carbons (Fsp3) is 0.160. The molecule has 0 atom stereocenters. The third-order valence-corrected chi connectivity index (χ3v) is 4.42. The molecule has 0 aliphatic rings. The van der Waals surface area contributed by atoms with Crippen molar-refractivity contribution in [3.63, 3.8) is 0 Å². The van der Waals surface area contributed by atoms with Crippen molar-refractivity contribution in [2.45, 2.75) is 6.92 Å². The van der Waals surface area contributed by atoms with Crippen LogP contribution in [-0.2, 0) is 4.79 Å². The van der Waals surface area contributed by atoms with Crippen LogP contribution in [0.3, 0.4) is 0 Å². The molecule has 0 spiro atoms. The van der Waals surface area contributed by atoms with E-state index >= 15 is 0 Å². The fourth-order valence-corrected chi connectivity index (χ4v) is 2.83. The minimum absolute atomic E-state index is 0.188. The van der Waals surface area contributed by atoms with Gasteiger partial charge in [0.05, 0.1) is 19.9 Å². The molecule has 0 fully saturated rings. The van der Waals surface area contributed by atoms with Crippen molar-refractivity contribution >= 4 is 23.7 Å². The van der Waals surface area contributed by atoms with E-state index in [1.807, 2.05) is 13.0 Å². The molecule has 33 heavy (non-hydrogen) atoms. The lowest BCUT2D eigenvalue weighted by Crippen LogP contribution is -2.20. The standard InChI is InChI=1S/C25H25N3O5/c1-3-32-23-15-18(16-26-28-25(30)19-7-5-4-6-8-19)9-14-22(23)33-17-24(29)27-20-10-12-21(31-2)13-11-20/h4-16H,3,17H2,1-2H3,(H,27,29)(H,28,30)/b26-16+. The number of hydrogen-bond acceptors (Lipinski definition) is 6. The summed E-state index contributed by atoms with van der Waals surface area (Å²) in [7, 11) is 1.58. The number of ether oxygens (including phenoxy) is 3. The average molecular weight is 447 g/mol. The molecule has 170 valence electrons. The van der Waals surface area contributed by atoms with E-state index in [9.17, 15) is 9.59 Å². The molecule has 3 aromatic rings. The Bertz CT molecular complexity index is 1100. The Labute approximate surface area is 192 Å². The Morgan fingerprint density at radius 2 is 1.70 bits per heavy atom. The van der Waals surface area contributed by atoms with Gasteiger partial charge in [0.2, 0.25) is 0 Å². The second-order valence-electron chi connectivity index (χ2n) is 6.77. The molecule has 8 heteroatoms. The largest absolute Gasteiger partial charge is 0.497 e. The van der Waals surface area contributed by atoms with Crippen molar-refractivity contribution in [3.8, 4) is 17.2 Å². The number of hydrazone groups is 1. The number of benzene rings is 3. The number of amides is 2. The van der Waals surface area contributed by atoms with Crippen LogP contribution in [0.2, 0.25) is 0 Å². The average Bonchev–Trinajstić information content (AvgIpc) is 2.84. The first kappa shape index (κ1) is 23.3. The molecule has 0 aliphatic heterocycles. The number of nitrogens with zero attached hydrogens (tertiary/aromatic N) is 1. The van der Waals surface area contributed by atoms with E-state index in [0.717, 1.165) is 0 Å². The minimum atomic E-state index is -0.308. The van der Waals surface area contributed by atoms with Gasteiger partial charge in [-0.3, -0.25) is 9.59 Å². The Morgan fingerprint density at radius 3 is 2.39 bits per heavy atom. The van der Waals surface area contributed by atoms with Crippen LogP contribution in [0.1, 0.15) is 22.8 Å². The van der Waals surface area contributed by atoms with E-state index < -0.39 is 0 Å². The van der Waals surface area contributed by atoms with Crippen molar-refractivity contribution in [2.24, 2.45) is 5.10 Å². The smallest absolute Gasteiger partial charge is 0.271 e. The highest BCUT2D eigenvalue weighted by Gasteiger charge is 2.10. The van der Waals surface area contributed by atoms with Crippen LogP contribution < -0.4 is 25.0 Å². The van der Waals surface area contributed by atoms with Gasteiger partial charge in [-0.25, -0.2) is 5.43 Å². The first-order valence-corrected chi connectivity index (χ1v) is 10.3. The summed E-state index contributed by atoms with van der Waals surface area (Å²) < 4.78 is 16.4. The molecular weight excluding hydrogens is 422 g/mol. The van der Waals surface area contributed by atoms with E-state index in [1.54, 1.807) is 73.8 Å². The lowest BCUT2D eigenvalue weighted by Gasteiger charge is -2.13. The molecular formula is C25H25N3O5. The van der Waals surface area contributed by atoms with Crippen molar-refractivity contribution < 1.29 is 23.8 Å². The first-order valence-electron chi connectivity index (χ1n) is 10.3. The number of methoxy groups -OCH3 is 1. The molecule has 0 unspecified atom stereocenters. The first-order chi connectivity index (χ1) is 16.1. The second kappa shape index (κ2) is 11.9. The third-order valence-electron chi connectivity index (χ3n) is 4.42. The lowest BCUT2D eigenvalue weighted by molar-refractivity contribution is -0.118. The molecule has 0 saturated carbocycles. The maximum absolute atomic E-state index is 12.2. The second-order valence-corrected chi connectivity index (χ2v) is 6.77. The van der Waals surface area contributed by atoms with Crippen molar-refractivity contribution in [2.75, 3.05) is 25.6 Å². The summed E-state index contributed by atoms with van der Waals surface area (Å²) >= 11 is 0. The Balaban J connectivity index is 1.58. The number of anilines is 1. The van der Waals surface area contributed by atoms with E-state index in [-0.39, 0.29) is 18.4 Å². The van der Waals surface area contributed by atoms with Crippen LogP contribution in [0, 0.1) is 0 Å². The zero-order valence-corrected chi connectivity index (χ0v) is 18.4. The predicted octanol–water partition coefficient (Wildman–Crippen LogP) is 3.88. The van der Waals surface area contributed by atoms with Gasteiger partial charge in [0.15, 0.2) is 18.1 Å². The molecule has 0 radical (unpaired) electrons.